The average molecular weight is 228 g/mol. The fraction of sp³-hybridized carbons (Fsp3) is 0.929. The zero-order valence-electron chi connectivity index (χ0n) is 11.3. The maximum atomic E-state index is 11.1. The van der Waals surface area contributed by atoms with Crippen LogP contribution in [-0.4, -0.2) is 11.1 Å². The molecule has 0 rings (SSSR count). The summed E-state index contributed by atoms with van der Waals surface area (Å²) in [6.07, 6.45) is 6.46. The van der Waals surface area contributed by atoms with Crippen molar-refractivity contribution < 1.29 is 9.90 Å². The highest BCUT2D eigenvalue weighted by atomic mass is 16.4. The molecule has 0 aliphatic heterocycles. The molecule has 2 unspecified atom stereocenters. The van der Waals surface area contributed by atoms with Crippen LogP contribution in [0.25, 0.3) is 0 Å². The molecule has 0 aromatic rings. The van der Waals surface area contributed by atoms with Crippen LogP contribution in [0.3, 0.4) is 0 Å². The third-order valence-electron chi connectivity index (χ3n) is 3.95. The van der Waals surface area contributed by atoms with Crippen molar-refractivity contribution in [1.29, 1.82) is 0 Å². The Hall–Kier alpha value is -0.530. The van der Waals surface area contributed by atoms with Crippen LogP contribution in [0.5, 0.6) is 0 Å². The second-order valence-electron chi connectivity index (χ2n) is 4.78. The largest absolute Gasteiger partial charge is 0.481 e. The highest BCUT2D eigenvalue weighted by Gasteiger charge is 2.25. The van der Waals surface area contributed by atoms with Gasteiger partial charge in [0.15, 0.2) is 0 Å². The van der Waals surface area contributed by atoms with Crippen molar-refractivity contribution >= 4 is 5.97 Å². The first-order valence-corrected chi connectivity index (χ1v) is 6.83. The lowest BCUT2D eigenvalue weighted by Crippen LogP contribution is -2.23. The van der Waals surface area contributed by atoms with E-state index in [-0.39, 0.29) is 5.92 Å². The topological polar surface area (TPSA) is 37.3 Å². The van der Waals surface area contributed by atoms with E-state index in [0.717, 1.165) is 25.2 Å². The third kappa shape index (κ3) is 5.00. The molecule has 2 heteroatoms. The molecule has 0 bridgehead atoms. The van der Waals surface area contributed by atoms with Gasteiger partial charge in [0, 0.05) is 0 Å². The van der Waals surface area contributed by atoms with Crippen molar-refractivity contribution in [2.24, 2.45) is 17.8 Å². The van der Waals surface area contributed by atoms with Crippen LogP contribution in [0.15, 0.2) is 0 Å². The van der Waals surface area contributed by atoms with Crippen molar-refractivity contribution in [3.8, 4) is 0 Å². The van der Waals surface area contributed by atoms with E-state index in [0.29, 0.717) is 5.92 Å². The van der Waals surface area contributed by atoms with Gasteiger partial charge in [0.2, 0.25) is 0 Å². The summed E-state index contributed by atoms with van der Waals surface area (Å²) in [6, 6.07) is 0. The Morgan fingerprint density at radius 3 is 1.81 bits per heavy atom. The summed E-state index contributed by atoms with van der Waals surface area (Å²) in [7, 11) is 0. The second kappa shape index (κ2) is 8.60. The predicted octanol–water partition coefficient (Wildman–Crippen LogP) is 4.34. The minimum Gasteiger partial charge on any atom is -0.481 e. The van der Waals surface area contributed by atoms with E-state index in [2.05, 4.69) is 20.8 Å². The van der Waals surface area contributed by atoms with Crippen LogP contribution in [0, 0.1) is 17.8 Å². The molecular weight excluding hydrogens is 200 g/mol. The van der Waals surface area contributed by atoms with Crippen LogP contribution in [0.2, 0.25) is 0 Å². The summed E-state index contributed by atoms with van der Waals surface area (Å²) in [5, 5.41) is 9.15. The molecule has 96 valence electrons. The molecule has 0 aromatic heterocycles. The Labute approximate surface area is 100 Å². The molecule has 2 atom stereocenters. The molecule has 0 saturated heterocycles. The number of aliphatic carboxylic acids is 1. The van der Waals surface area contributed by atoms with Crippen molar-refractivity contribution in [2.45, 2.75) is 66.2 Å². The molecule has 0 fully saturated rings. The number of carboxylic acid groups (broad SMARTS) is 1. The van der Waals surface area contributed by atoms with E-state index in [9.17, 15) is 4.79 Å². The van der Waals surface area contributed by atoms with E-state index >= 15 is 0 Å². The smallest absolute Gasteiger partial charge is 0.306 e. The lowest BCUT2D eigenvalue weighted by Gasteiger charge is -2.23. The summed E-state index contributed by atoms with van der Waals surface area (Å²) in [5.41, 5.74) is 0. The lowest BCUT2D eigenvalue weighted by atomic mass is 9.82. The first-order valence-electron chi connectivity index (χ1n) is 6.83. The van der Waals surface area contributed by atoms with Crippen LogP contribution >= 0.6 is 0 Å². The number of carbonyl (C=O) groups is 1. The second-order valence-corrected chi connectivity index (χ2v) is 4.78. The van der Waals surface area contributed by atoms with Gasteiger partial charge in [0.05, 0.1) is 5.92 Å². The van der Waals surface area contributed by atoms with Crippen molar-refractivity contribution in [3.05, 3.63) is 0 Å². The predicted molar refractivity (Wildman–Crippen MR) is 68.5 cm³/mol. The van der Waals surface area contributed by atoms with Gasteiger partial charge >= 0.3 is 5.97 Å². The third-order valence-corrected chi connectivity index (χ3v) is 3.95. The Bertz CT molecular complexity index is 185. The van der Waals surface area contributed by atoms with Gasteiger partial charge < -0.3 is 5.11 Å². The van der Waals surface area contributed by atoms with Crippen LogP contribution in [0.1, 0.15) is 66.2 Å². The Kier molecular flexibility index (Phi) is 8.32. The molecule has 0 spiro atoms. The monoisotopic (exact) mass is 228 g/mol. The van der Waals surface area contributed by atoms with Crippen LogP contribution in [0.4, 0.5) is 0 Å². The van der Waals surface area contributed by atoms with E-state index in [1.54, 1.807) is 0 Å². The van der Waals surface area contributed by atoms with Gasteiger partial charge in [0.25, 0.3) is 0 Å². The zero-order chi connectivity index (χ0) is 12.6. The van der Waals surface area contributed by atoms with Crippen molar-refractivity contribution in [3.63, 3.8) is 0 Å². The summed E-state index contributed by atoms with van der Waals surface area (Å²) in [5.74, 6) is 0.390. The van der Waals surface area contributed by atoms with Crippen LogP contribution in [-0.2, 0) is 4.79 Å². The average Bonchev–Trinajstić information content (AvgIpc) is 2.28. The highest BCUT2D eigenvalue weighted by molar-refractivity contribution is 5.70. The molecule has 16 heavy (non-hydrogen) atoms. The summed E-state index contributed by atoms with van der Waals surface area (Å²) < 4.78 is 0. The van der Waals surface area contributed by atoms with Gasteiger partial charge in [-0.2, -0.15) is 0 Å². The summed E-state index contributed by atoms with van der Waals surface area (Å²) >= 11 is 0. The Morgan fingerprint density at radius 2 is 1.50 bits per heavy atom. The maximum Gasteiger partial charge on any atom is 0.306 e. The minimum absolute atomic E-state index is 0.139. The van der Waals surface area contributed by atoms with E-state index in [1.165, 1.54) is 19.3 Å². The molecule has 0 aliphatic rings. The van der Waals surface area contributed by atoms with Gasteiger partial charge in [0.1, 0.15) is 0 Å². The zero-order valence-corrected chi connectivity index (χ0v) is 11.3. The number of hydrogen-bond acceptors (Lipinski definition) is 1. The standard InChI is InChI=1S/C14H28O2/c1-5-11(6-2)9-10-12(7-3)13(8-4)14(15)16/h11-13H,5-10H2,1-4H3,(H,15,16). The molecule has 0 amide bonds. The fourth-order valence-corrected chi connectivity index (χ4v) is 2.55. The Morgan fingerprint density at radius 1 is 0.938 bits per heavy atom. The minimum atomic E-state index is -0.612. The van der Waals surface area contributed by atoms with Crippen LogP contribution < -0.4 is 0 Å². The van der Waals surface area contributed by atoms with Gasteiger partial charge in [-0.05, 0) is 24.7 Å². The SMILES string of the molecule is CCC(CC)CCC(CC)C(CC)C(=O)O. The summed E-state index contributed by atoms with van der Waals surface area (Å²) in [4.78, 5) is 11.1. The molecule has 0 radical (unpaired) electrons. The molecule has 2 nitrogen and oxygen atoms in total. The quantitative estimate of drug-likeness (QED) is 0.637. The molecule has 1 N–H and O–H groups in total. The Balaban J connectivity index is 4.22. The van der Waals surface area contributed by atoms with E-state index in [1.807, 2.05) is 6.92 Å². The first-order chi connectivity index (χ1) is 7.60. The van der Waals surface area contributed by atoms with E-state index < -0.39 is 5.97 Å². The van der Waals surface area contributed by atoms with Crippen molar-refractivity contribution in [2.75, 3.05) is 0 Å². The highest BCUT2D eigenvalue weighted by Crippen LogP contribution is 2.27. The van der Waals surface area contributed by atoms with Gasteiger partial charge in [-0.1, -0.05) is 53.4 Å². The molecule has 0 heterocycles. The maximum absolute atomic E-state index is 11.1. The van der Waals surface area contributed by atoms with Gasteiger partial charge in [-0.15, -0.1) is 0 Å². The number of hydrogen-bond donors (Lipinski definition) is 1. The number of rotatable bonds is 9. The van der Waals surface area contributed by atoms with Crippen molar-refractivity contribution in [1.82, 2.24) is 0 Å². The molecule has 0 saturated carbocycles. The van der Waals surface area contributed by atoms with Gasteiger partial charge in [-0.25, -0.2) is 0 Å². The molecule has 0 aliphatic carbocycles. The first kappa shape index (κ1) is 15.5. The normalized spacial score (nSPS) is 15.1. The molecular formula is C14H28O2. The lowest BCUT2D eigenvalue weighted by molar-refractivity contribution is -0.144. The fourth-order valence-electron chi connectivity index (χ4n) is 2.55. The molecule has 0 aromatic carbocycles. The van der Waals surface area contributed by atoms with E-state index in [4.69, 9.17) is 5.11 Å². The van der Waals surface area contributed by atoms with Gasteiger partial charge in [-0.3, -0.25) is 4.79 Å². The summed E-state index contributed by atoms with van der Waals surface area (Å²) in [6.45, 7) is 8.55. The number of carboxylic acids is 1.